The van der Waals surface area contributed by atoms with Gasteiger partial charge in [-0.25, -0.2) is 4.98 Å². The molecule has 2 aromatic heterocycles. The lowest BCUT2D eigenvalue weighted by molar-refractivity contribution is -0.117. The number of carbonyl (C=O) groups excluding carboxylic acids is 2. The van der Waals surface area contributed by atoms with E-state index in [1.54, 1.807) is 24.1 Å². The molecular formula is C25H22N4O4S. The van der Waals surface area contributed by atoms with E-state index in [1.165, 1.54) is 22.2 Å². The molecule has 2 aromatic carbocycles. The minimum Gasteiger partial charge on any atom is -0.497 e. The molecule has 5 rings (SSSR count). The fraction of sp³-hybridized carbons (Fsp3) is 0.200. The van der Waals surface area contributed by atoms with Crippen molar-refractivity contribution in [3.8, 4) is 16.9 Å². The molecule has 9 heteroatoms. The average molecular weight is 475 g/mol. The van der Waals surface area contributed by atoms with E-state index in [-0.39, 0.29) is 23.9 Å². The van der Waals surface area contributed by atoms with Crippen LogP contribution in [0.3, 0.4) is 0 Å². The van der Waals surface area contributed by atoms with Gasteiger partial charge < -0.3 is 15.0 Å². The molecule has 8 nitrogen and oxygen atoms in total. The van der Waals surface area contributed by atoms with Gasteiger partial charge in [0.25, 0.3) is 5.56 Å². The van der Waals surface area contributed by atoms with Crippen molar-refractivity contribution < 1.29 is 14.3 Å². The van der Waals surface area contributed by atoms with Gasteiger partial charge in [-0.1, -0.05) is 24.3 Å². The van der Waals surface area contributed by atoms with Crippen LogP contribution in [0.2, 0.25) is 0 Å². The zero-order valence-electron chi connectivity index (χ0n) is 18.5. The molecule has 4 aromatic rings. The number of thiophene rings is 1. The molecule has 0 atom stereocenters. The topological polar surface area (TPSA) is 93.5 Å². The van der Waals surface area contributed by atoms with Crippen LogP contribution in [0.1, 0.15) is 12.8 Å². The van der Waals surface area contributed by atoms with Crippen molar-refractivity contribution in [1.29, 1.82) is 0 Å². The number of hydrogen-bond acceptors (Lipinski definition) is 6. The zero-order chi connectivity index (χ0) is 23.7. The summed E-state index contributed by atoms with van der Waals surface area (Å²) in [5, 5.41) is 5.23. The number of ether oxygens (including phenoxy) is 1. The van der Waals surface area contributed by atoms with E-state index < -0.39 is 0 Å². The summed E-state index contributed by atoms with van der Waals surface area (Å²) < 4.78 is 6.52. The minimum atomic E-state index is -0.372. The number of nitrogens with zero attached hydrogens (tertiary/aromatic N) is 3. The summed E-state index contributed by atoms with van der Waals surface area (Å²) in [7, 11) is 1.60. The van der Waals surface area contributed by atoms with Crippen molar-refractivity contribution in [3.05, 3.63) is 70.6 Å². The molecule has 0 aliphatic carbocycles. The van der Waals surface area contributed by atoms with Crippen LogP contribution in [-0.2, 0) is 16.1 Å². The summed E-state index contributed by atoms with van der Waals surface area (Å²) in [6.45, 7) is 0.431. The third-order valence-corrected chi connectivity index (χ3v) is 6.70. The second kappa shape index (κ2) is 9.11. The van der Waals surface area contributed by atoms with Gasteiger partial charge in [-0.05, 0) is 36.2 Å². The Kier molecular flexibility index (Phi) is 5.85. The number of rotatable bonds is 6. The minimum absolute atomic E-state index is 0.0380. The van der Waals surface area contributed by atoms with Gasteiger partial charge in [0, 0.05) is 23.9 Å². The summed E-state index contributed by atoms with van der Waals surface area (Å²) in [6, 6.07) is 14.6. The van der Waals surface area contributed by atoms with Gasteiger partial charge in [0.15, 0.2) is 0 Å². The Hall–Kier alpha value is -3.98. The maximum absolute atomic E-state index is 13.3. The zero-order valence-corrected chi connectivity index (χ0v) is 19.3. The molecule has 1 saturated heterocycles. The standard InChI is InChI=1S/C25H22N4O4S/c1-33-17-10-8-16(9-11-17)18-14-34-24-23(18)25(32)28(15-26-24)13-21(30)27-19-5-2-3-6-20(19)29-12-4-7-22(29)31/h2-3,5-6,8-11,14-15H,4,7,12-13H2,1H3,(H,27,30). The number of methoxy groups -OCH3 is 1. The van der Waals surface area contributed by atoms with Gasteiger partial charge in [-0.2, -0.15) is 0 Å². The first kappa shape index (κ1) is 21.8. The monoisotopic (exact) mass is 474 g/mol. The van der Waals surface area contributed by atoms with Gasteiger partial charge >= 0.3 is 0 Å². The number of carbonyl (C=O) groups is 2. The molecule has 0 bridgehead atoms. The van der Waals surface area contributed by atoms with E-state index in [2.05, 4.69) is 10.3 Å². The molecule has 34 heavy (non-hydrogen) atoms. The quantitative estimate of drug-likeness (QED) is 0.458. The molecular weight excluding hydrogens is 452 g/mol. The first-order chi connectivity index (χ1) is 16.5. The van der Waals surface area contributed by atoms with Gasteiger partial charge in [0.05, 0.1) is 30.2 Å². The number of fused-ring (bicyclic) bond motifs is 1. The molecule has 1 N–H and O–H groups in total. The first-order valence-corrected chi connectivity index (χ1v) is 11.7. The molecule has 2 amide bonds. The van der Waals surface area contributed by atoms with E-state index in [0.717, 1.165) is 23.3 Å². The summed E-state index contributed by atoms with van der Waals surface area (Å²) >= 11 is 1.39. The molecule has 0 saturated carbocycles. The molecule has 1 aliphatic rings. The van der Waals surface area contributed by atoms with Crippen molar-refractivity contribution in [1.82, 2.24) is 9.55 Å². The Bertz CT molecular complexity index is 1440. The highest BCUT2D eigenvalue weighted by Crippen LogP contribution is 2.32. The molecule has 3 heterocycles. The number of hydrogen-bond donors (Lipinski definition) is 1. The van der Waals surface area contributed by atoms with Crippen LogP contribution in [0.15, 0.2) is 65.0 Å². The maximum atomic E-state index is 13.3. The summed E-state index contributed by atoms with van der Waals surface area (Å²) in [6.07, 6.45) is 2.69. The van der Waals surface area contributed by atoms with Crippen molar-refractivity contribution in [2.45, 2.75) is 19.4 Å². The van der Waals surface area contributed by atoms with Gasteiger partial charge in [0.2, 0.25) is 11.8 Å². The average Bonchev–Trinajstić information content (AvgIpc) is 3.48. The molecule has 172 valence electrons. The fourth-order valence-corrected chi connectivity index (χ4v) is 5.03. The lowest BCUT2D eigenvalue weighted by atomic mass is 10.1. The molecule has 0 radical (unpaired) electrons. The van der Waals surface area contributed by atoms with E-state index in [4.69, 9.17) is 4.74 Å². The number of anilines is 2. The Labute approximate surface area is 199 Å². The third kappa shape index (κ3) is 4.06. The lowest BCUT2D eigenvalue weighted by Gasteiger charge is -2.20. The van der Waals surface area contributed by atoms with Crippen LogP contribution in [-0.4, -0.2) is 35.0 Å². The SMILES string of the molecule is COc1ccc(-c2csc3ncn(CC(=O)Nc4ccccc4N4CCCC4=O)c(=O)c23)cc1. The summed E-state index contributed by atoms with van der Waals surface area (Å²) in [5.74, 6) is 0.395. The maximum Gasteiger partial charge on any atom is 0.263 e. The Morgan fingerprint density at radius 3 is 2.68 bits per heavy atom. The molecule has 1 fully saturated rings. The van der Waals surface area contributed by atoms with Crippen molar-refractivity contribution in [2.75, 3.05) is 23.9 Å². The molecule has 0 spiro atoms. The first-order valence-electron chi connectivity index (χ1n) is 10.9. The fourth-order valence-electron chi connectivity index (χ4n) is 4.13. The van der Waals surface area contributed by atoms with Crippen LogP contribution in [0.5, 0.6) is 5.75 Å². The lowest BCUT2D eigenvalue weighted by Crippen LogP contribution is -2.29. The van der Waals surface area contributed by atoms with E-state index in [0.29, 0.717) is 34.6 Å². The number of amides is 2. The van der Waals surface area contributed by atoms with Crippen molar-refractivity contribution in [2.24, 2.45) is 0 Å². The number of benzene rings is 2. The number of nitrogens with one attached hydrogen (secondary N) is 1. The van der Waals surface area contributed by atoms with E-state index >= 15 is 0 Å². The predicted molar refractivity (Wildman–Crippen MR) is 133 cm³/mol. The van der Waals surface area contributed by atoms with Gasteiger partial charge in [0.1, 0.15) is 17.1 Å². The predicted octanol–water partition coefficient (Wildman–Crippen LogP) is 3.90. The highest BCUT2D eigenvalue weighted by molar-refractivity contribution is 7.17. The van der Waals surface area contributed by atoms with Crippen molar-refractivity contribution in [3.63, 3.8) is 0 Å². The van der Waals surface area contributed by atoms with E-state index in [1.807, 2.05) is 41.8 Å². The number of para-hydroxylation sites is 2. The Morgan fingerprint density at radius 2 is 1.94 bits per heavy atom. The summed E-state index contributed by atoms with van der Waals surface area (Å²) in [5.41, 5.74) is 2.57. The van der Waals surface area contributed by atoms with Gasteiger partial charge in [-0.3, -0.25) is 19.0 Å². The normalized spacial score (nSPS) is 13.4. The second-order valence-electron chi connectivity index (χ2n) is 7.95. The summed E-state index contributed by atoms with van der Waals surface area (Å²) in [4.78, 5) is 45.0. The Balaban J connectivity index is 1.41. The molecule has 1 aliphatic heterocycles. The Morgan fingerprint density at radius 1 is 1.15 bits per heavy atom. The van der Waals surface area contributed by atoms with Crippen LogP contribution in [0.4, 0.5) is 11.4 Å². The highest BCUT2D eigenvalue weighted by atomic mass is 32.1. The smallest absolute Gasteiger partial charge is 0.263 e. The van der Waals surface area contributed by atoms with Crippen LogP contribution in [0, 0.1) is 0 Å². The van der Waals surface area contributed by atoms with Crippen LogP contribution < -0.4 is 20.5 Å². The number of aromatic nitrogens is 2. The molecule has 0 unspecified atom stereocenters. The largest absolute Gasteiger partial charge is 0.497 e. The second-order valence-corrected chi connectivity index (χ2v) is 8.81. The van der Waals surface area contributed by atoms with Crippen LogP contribution >= 0.6 is 11.3 Å². The van der Waals surface area contributed by atoms with Crippen molar-refractivity contribution >= 4 is 44.7 Å². The highest BCUT2D eigenvalue weighted by Gasteiger charge is 2.24. The van der Waals surface area contributed by atoms with E-state index in [9.17, 15) is 14.4 Å². The van der Waals surface area contributed by atoms with Crippen LogP contribution in [0.25, 0.3) is 21.3 Å². The van der Waals surface area contributed by atoms with Gasteiger partial charge in [-0.15, -0.1) is 11.3 Å². The third-order valence-electron chi connectivity index (χ3n) is 5.82.